The van der Waals surface area contributed by atoms with Crippen molar-refractivity contribution in [2.45, 2.75) is 58.9 Å². The van der Waals surface area contributed by atoms with Gasteiger partial charge in [0.25, 0.3) is 0 Å². The maximum atomic E-state index is 12.5. The van der Waals surface area contributed by atoms with Gasteiger partial charge >= 0.3 is 0 Å². The summed E-state index contributed by atoms with van der Waals surface area (Å²) in [5, 5.41) is 0. The number of hydrogen-bond acceptors (Lipinski definition) is 3. The fourth-order valence-electron chi connectivity index (χ4n) is 3.04. The van der Waals surface area contributed by atoms with Crippen molar-refractivity contribution in [3.05, 3.63) is 0 Å². The smallest absolute Gasteiger partial charge is 0.224 e. The van der Waals surface area contributed by atoms with Crippen LogP contribution in [0, 0.1) is 11.8 Å². The Morgan fingerprint density at radius 1 is 1.27 bits per heavy atom. The van der Waals surface area contributed by atoms with Crippen LogP contribution in [0.1, 0.15) is 52.9 Å². The van der Waals surface area contributed by atoms with Crippen molar-refractivity contribution in [3.8, 4) is 0 Å². The summed E-state index contributed by atoms with van der Waals surface area (Å²) >= 11 is 0. The predicted octanol–water partition coefficient (Wildman–Crippen LogP) is 2.09. The van der Waals surface area contributed by atoms with Gasteiger partial charge in [0.05, 0.1) is 5.75 Å². The van der Waals surface area contributed by atoms with Crippen molar-refractivity contribution in [3.63, 3.8) is 0 Å². The van der Waals surface area contributed by atoms with Crippen LogP contribution in [0.15, 0.2) is 0 Å². The monoisotopic (exact) mass is 330 g/mol. The Balaban J connectivity index is 2.14. The second-order valence-corrected chi connectivity index (χ2v) is 9.17. The van der Waals surface area contributed by atoms with Crippen LogP contribution < -0.4 is 0 Å². The van der Waals surface area contributed by atoms with Crippen LogP contribution in [0.3, 0.4) is 0 Å². The van der Waals surface area contributed by atoms with E-state index in [1.165, 1.54) is 12.8 Å². The molecular formula is C16H30N2O3S. The molecule has 0 aromatic heterocycles. The van der Waals surface area contributed by atoms with Gasteiger partial charge in [0, 0.05) is 32.1 Å². The highest BCUT2D eigenvalue weighted by Crippen LogP contribution is 2.32. The van der Waals surface area contributed by atoms with Gasteiger partial charge in [-0.25, -0.2) is 8.42 Å². The van der Waals surface area contributed by atoms with Gasteiger partial charge in [-0.1, -0.05) is 27.2 Å². The second-order valence-electron chi connectivity index (χ2n) is 7.08. The minimum atomic E-state index is -3.24. The van der Waals surface area contributed by atoms with E-state index in [1.54, 1.807) is 4.31 Å². The summed E-state index contributed by atoms with van der Waals surface area (Å²) in [4.78, 5) is 14.5. The van der Waals surface area contributed by atoms with E-state index in [2.05, 4.69) is 13.8 Å². The number of sulfonamides is 1. The van der Waals surface area contributed by atoms with Crippen molar-refractivity contribution < 1.29 is 13.2 Å². The van der Waals surface area contributed by atoms with Crippen LogP contribution in [-0.2, 0) is 14.8 Å². The number of nitrogens with zero attached hydrogens (tertiary/aromatic N) is 2. The van der Waals surface area contributed by atoms with Crippen LogP contribution in [0.2, 0.25) is 0 Å². The molecule has 1 saturated carbocycles. The van der Waals surface area contributed by atoms with Gasteiger partial charge in [0.15, 0.2) is 0 Å². The van der Waals surface area contributed by atoms with Gasteiger partial charge in [-0.3, -0.25) is 4.79 Å². The first-order valence-electron chi connectivity index (χ1n) is 8.62. The first-order chi connectivity index (χ1) is 10.3. The summed E-state index contributed by atoms with van der Waals surface area (Å²) in [5.74, 6) is 1.22. The first kappa shape index (κ1) is 17.7. The Labute approximate surface area is 135 Å². The molecule has 1 aliphatic heterocycles. The lowest BCUT2D eigenvalue weighted by Crippen LogP contribution is -2.48. The Morgan fingerprint density at radius 3 is 2.50 bits per heavy atom. The van der Waals surface area contributed by atoms with E-state index >= 15 is 0 Å². The maximum absolute atomic E-state index is 12.5. The Morgan fingerprint density at radius 2 is 1.95 bits per heavy atom. The zero-order valence-electron chi connectivity index (χ0n) is 14.1. The molecule has 0 bridgehead atoms. The van der Waals surface area contributed by atoms with Crippen LogP contribution >= 0.6 is 0 Å². The molecule has 1 amide bonds. The van der Waals surface area contributed by atoms with Crippen LogP contribution in [0.25, 0.3) is 0 Å². The van der Waals surface area contributed by atoms with E-state index in [4.69, 9.17) is 0 Å². The molecule has 22 heavy (non-hydrogen) atoms. The van der Waals surface area contributed by atoms with E-state index in [-0.39, 0.29) is 23.6 Å². The minimum Gasteiger partial charge on any atom is -0.338 e. The summed E-state index contributed by atoms with van der Waals surface area (Å²) in [6.07, 6.45) is 4.28. The molecule has 0 radical (unpaired) electrons. The van der Waals surface area contributed by atoms with E-state index in [0.29, 0.717) is 31.8 Å². The third-order valence-electron chi connectivity index (χ3n) is 4.76. The van der Waals surface area contributed by atoms with Crippen molar-refractivity contribution in [2.75, 3.05) is 25.4 Å². The molecule has 1 heterocycles. The first-order valence-corrected chi connectivity index (χ1v) is 10.2. The third-order valence-corrected chi connectivity index (χ3v) is 6.68. The minimum absolute atomic E-state index is 0.00648. The lowest BCUT2D eigenvalue weighted by Gasteiger charge is -2.34. The standard InChI is InChI=1S/C16H30N2O3S/c1-4-5-10-22(20,21)17-9-8-16(19)18(11-14-6-7-14)15(12-17)13(2)3/h13-15H,4-12H2,1-3H3/t15-/m0/s1. The Bertz CT molecular complexity index is 486. The Hall–Kier alpha value is -0.620. The Kier molecular flexibility index (Phi) is 5.88. The highest BCUT2D eigenvalue weighted by Gasteiger charge is 2.38. The highest BCUT2D eigenvalue weighted by molar-refractivity contribution is 7.89. The molecule has 128 valence electrons. The van der Waals surface area contributed by atoms with E-state index < -0.39 is 10.0 Å². The molecule has 0 spiro atoms. The van der Waals surface area contributed by atoms with Gasteiger partial charge in [-0.15, -0.1) is 0 Å². The van der Waals surface area contributed by atoms with Crippen LogP contribution in [-0.4, -0.2) is 55.0 Å². The number of hydrogen-bond donors (Lipinski definition) is 0. The van der Waals surface area contributed by atoms with Crippen molar-refractivity contribution >= 4 is 15.9 Å². The SMILES string of the molecule is CCCCS(=O)(=O)N1CCC(=O)N(CC2CC2)[C@H](C(C)C)C1. The molecule has 0 aromatic rings. The molecule has 0 unspecified atom stereocenters. The molecular weight excluding hydrogens is 300 g/mol. The van der Waals surface area contributed by atoms with Gasteiger partial charge in [-0.2, -0.15) is 4.31 Å². The number of carbonyl (C=O) groups excluding carboxylic acids is 1. The zero-order chi connectivity index (χ0) is 16.3. The highest BCUT2D eigenvalue weighted by atomic mass is 32.2. The average molecular weight is 330 g/mol. The maximum Gasteiger partial charge on any atom is 0.224 e. The molecule has 1 aliphatic carbocycles. The van der Waals surface area contributed by atoms with Crippen molar-refractivity contribution in [1.29, 1.82) is 0 Å². The fourth-order valence-corrected chi connectivity index (χ4v) is 4.70. The summed E-state index contributed by atoms with van der Waals surface area (Å²) in [5.41, 5.74) is 0. The number of rotatable bonds is 7. The predicted molar refractivity (Wildman–Crippen MR) is 87.9 cm³/mol. The quantitative estimate of drug-likeness (QED) is 0.718. The van der Waals surface area contributed by atoms with Crippen molar-refractivity contribution in [2.24, 2.45) is 11.8 Å². The molecule has 0 aromatic carbocycles. The normalized spacial score (nSPS) is 24.8. The molecule has 5 nitrogen and oxygen atoms in total. The van der Waals surface area contributed by atoms with E-state index in [9.17, 15) is 13.2 Å². The largest absolute Gasteiger partial charge is 0.338 e. The van der Waals surface area contributed by atoms with E-state index in [1.807, 2.05) is 11.8 Å². The van der Waals surface area contributed by atoms with Gasteiger partial charge in [0.2, 0.25) is 15.9 Å². The summed E-state index contributed by atoms with van der Waals surface area (Å²) in [6, 6.07) is 0.00648. The summed E-state index contributed by atoms with van der Waals surface area (Å²) in [6.45, 7) is 7.78. The number of unbranched alkanes of at least 4 members (excludes halogenated alkanes) is 1. The molecule has 0 N–H and O–H groups in total. The number of amides is 1. The molecule has 6 heteroatoms. The third kappa shape index (κ3) is 4.44. The van der Waals surface area contributed by atoms with Gasteiger partial charge in [-0.05, 0) is 31.1 Å². The van der Waals surface area contributed by atoms with Crippen LogP contribution in [0.5, 0.6) is 0 Å². The van der Waals surface area contributed by atoms with Gasteiger partial charge < -0.3 is 4.90 Å². The lowest BCUT2D eigenvalue weighted by atomic mass is 10.0. The van der Waals surface area contributed by atoms with Crippen LogP contribution in [0.4, 0.5) is 0 Å². The molecule has 1 saturated heterocycles. The molecule has 2 aliphatic rings. The fraction of sp³-hybridized carbons (Fsp3) is 0.938. The summed E-state index contributed by atoms with van der Waals surface area (Å²) in [7, 11) is -3.24. The second kappa shape index (κ2) is 7.30. The topological polar surface area (TPSA) is 57.7 Å². The molecule has 2 fully saturated rings. The zero-order valence-corrected chi connectivity index (χ0v) is 14.9. The van der Waals surface area contributed by atoms with E-state index in [0.717, 1.165) is 13.0 Å². The van der Waals surface area contributed by atoms with Crippen molar-refractivity contribution in [1.82, 2.24) is 9.21 Å². The average Bonchev–Trinajstić information content (AvgIpc) is 3.27. The number of carbonyl (C=O) groups is 1. The molecule has 1 atom stereocenters. The summed E-state index contributed by atoms with van der Waals surface area (Å²) < 4.78 is 26.6. The lowest BCUT2D eigenvalue weighted by molar-refractivity contribution is -0.133. The molecule has 2 rings (SSSR count). The van der Waals surface area contributed by atoms with Gasteiger partial charge in [0.1, 0.15) is 0 Å².